The maximum atomic E-state index is 11.7. The van der Waals surface area contributed by atoms with Crippen molar-refractivity contribution in [1.82, 2.24) is 15.7 Å². The highest BCUT2D eigenvalue weighted by molar-refractivity contribution is 5.97. The number of fused-ring (bicyclic) bond motifs is 1. The summed E-state index contributed by atoms with van der Waals surface area (Å²) < 4.78 is 10.5. The van der Waals surface area contributed by atoms with Gasteiger partial charge in [0.15, 0.2) is 11.5 Å². The number of carbonyl (C=O) groups excluding carboxylic acids is 2. The number of carbonyl (C=O) groups is 2. The van der Waals surface area contributed by atoms with Crippen molar-refractivity contribution in [3.8, 4) is 11.5 Å². The first-order chi connectivity index (χ1) is 12.2. The van der Waals surface area contributed by atoms with E-state index >= 15 is 0 Å². The lowest BCUT2D eigenvalue weighted by atomic mass is 10.2. The summed E-state index contributed by atoms with van der Waals surface area (Å²) in [4.78, 5) is 27.4. The number of rotatable bonds is 6. The van der Waals surface area contributed by atoms with Gasteiger partial charge in [-0.2, -0.15) is 5.10 Å². The molecule has 0 bridgehead atoms. The molecule has 0 radical (unpaired) electrons. The Morgan fingerprint density at radius 3 is 2.92 bits per heavy atom. The Labute approximate surface area is 143 Å². The first-order valence-electron chi connectivity index (χ1n) is 7.58. The Morgan fingerprint density at radius 1 is 1.20 bits per heavy atom. The minimum absolute atomic E-state index is 0.195. The molecule has 2 amide bonds. The van der Waals surface area contributed by atoms with Crippen LogP contribution in [0.15, 0.2) is 47.8 Å². The second kappa shape index (κ2) is 7.91. The van der Waals surface area contributed by atoms with Gasteiger partial charge in [-0.3, -0.25) is 14.6 Å². The summed E-state index contributed by atoms with van der Waals surface area (Å²) in [5.41, 5.74) is 3.91. The molecule has 1 aliphatic heterocycles. The van der Waals surface area contributed by atoms with Gasteiger partial charge in [-0.1, -0.05) is 6.07 Å². The van der Waals surface area contributed by atoms with Crippen LogP contribution in [0.25, 0.3) is 0 Å². The fourth-order valence-corrected chi connectivity index (χ4v) is 2.12. The van der Waals surface area contributed by atoms with E-state index in [1.165, 1.54) is 6.21 Å². The molecule has 0 atom stereocenters. The number of nitrogens with zero attached hydrogens (tertiary/aromatic N) is 2. The molecule has 0 saturated carbocycles. The standard InChI is InChI=1S/C17H16N4O4/c22-16(19-9-13-2-1-5-18-8-13)7-17(23)21-20-10-12-3-4-14-15(6-12)25-11-24-14/h1-6,8,10H,7,9,11H2,(H,19,22)(H,21,23)/b20-10-. The molecule has 0 saturated heterocycles. The van der Waals surface area contributed by atoms with Crippen LogP contribution < -0.4 is 20.2 Å². The van der Waals surface area contributed by atoms with E-state index in [0.717, 1.165) is 11.1 Å². The average molecular weight is 340 g/mol. The van der Waals surface area contributed by atoms with Gasteiger partial charge in [0.25, 0.3) is 0 Å². The number of amides is 2. The van der Waals surface area contributed by atoms with Gasteiger partial charge in [-0.05, 0) is 35.4 Å². The van der Waals surface area contributed by atoms with Crippen molar-refractivity contribution in [2.24, 2.45) is 5.10 Å². The number of hydrazone groups is 1. The van der Waals surface area contributed by atoms with Gasteiger partial charge in [-0.25, -0.2) is 5.43 Å². The molecule has 128 valence electrons. The zero-order valence-electron chi connectivity index (χ0n) is 13.3. The third-order valence-corrected chi connectivity index (χ3v) is 3.33. The lowest BCUT2D eigenvalue weighted by molar-refractivity contribution is -0.129. The van der Waals surface area contributed by atoms with Crippen molar-refractivity contribution >= 4 is 18.0 Å². The van der Waals surface area contributed by atoms with Gasteiger partial charge >= 0.3 is 0 Å². The highest BCUT2D eigenvalue weighted by Gasteiger charge is 2.12. The van der Waals surface area contributed by atoms with E-state index < -0.39 is 5.91 Å². The monoisotopic (exact) mass is 340 g/mol. The van der Waals surface area contributed by atoms with Gasteiger partial charge in [0, 0.05) is 18.9 Å². The lowest BCUT2D eigenvalue weighted by Gasteiger charge is -2.04. The van der Waals surface area contributed by atoms with Crippen molar-refractivity contribution in [3.05, 3.63) is 53.9 Å². The molecule has 25 heavy (non-hydrogen) atoms. The van der Waals surface area contributed by atoms with Gasteiger partial charge in [0.2, 0.25) is 18.6 Å². The second-order valence-electron chi connectivity index (χ2n) is 5.22. The van der Waals surface area contributed by atoms with Crippen LogP contribution in [0.2, 0.25) is 0 Å². The molecule has 2 heterocycles. The van der Waals surface area contributed by atoms with Crippen LogP contribution in [-0.2, 0) is 16.1 Å². The Hall–Kier alpha value is -3.42. The summed E-state index contributed by atoms with van der Waals surface area (Å²) in [5.74, 6) is 0.414. The molecule has 1 aliphatic rings. The maximum Gasteiger partial charge on any atom is 0.249 e. The SMILES string of the molecule is O=C(CC(=O)N/N=C\c1ccc2c(c1)OCO2)NCc1cccnc1. The number of pyridine rings is 1. The van der Waals surface area contributed by atoms with E-state index in [1.54, 1.807) is 36.7 Å². The molecule has 0 fully saturated rings. The van der Waals surface area contributed by atoms with Gasteiger partial charge in [0.05, 0.1) is 6.21 Å². The lowest BCUT2D eigenvalue weighted by Crippen LogP contribution is -2.29. The van der Waals surface area contributed by atoms with Crippen LogP contribution in [0.4, 0.5) is 0 Å². The number of benzene rings is 1. The smallest absolute Gasteiger partial charge is 0.249 e. The topological polar surface area (TPSA) is 102 Å². The summed E-state index contributed by atoms with van der Waals surface area (Å²) in [6.45, 7) is 0.515. The maximum absolute atomic E-state index is 11.7. The van der Waals surface area contributed by atoms with Crippen molar-refractivity contribution in [1.29, 1.82) is 0 Å². The third kappa shape index (κ3) is 4.77. The van der Waals surface area contributed by atoms with E-state index in [1.807, 2.05) is 6.07 Å². The highest BCUT2D eigenvalue weighted by atomic mass is 16.7. The van der Waals surface area contributed by atoms with Crippen LogP contribution in [0.3, 0.4) is 0 Å². The Morgan fingerprint density at radius 2 is 2.08 bits per heavy atom. The molecule has 8 nitrogen and oxygen atoms in total. The van der Waals surface area contributed by atoms with Crippen LogP contribution in [0, 0.1) is 0 Å². The third-order valence-electron chi connectivity index (χ3n) is 3.33. The van der Waals surface area contributed by atoms with E-state index in [9.17, 15) is 9.59 Å². The van der Waals surface area contributed by atoms with E-state index in [2.05, 4.69) is 20.8 Å². The summed E-state index contributed by atoms with van der Waals surface area (Å²) in [7, 11) is 0. The molecular formula is C17H16N4O4. The molecule has 8 heteroatoms. The largest absolute Gasteiger partial charge is 0.454 e. The van der Waals surface area contributed by atoms with E-state index in [0.29, 0.717) is 18.0 Å². The molecule has 0 spiro atoms. The minimum Gasteiger partial charge on any atom is -0.454 e. The summed E-state index contributed by atoms with van der Waals surface area (Å²) in [6, 6.07) is 8.90. The zero-order valence-corrected chi connectivity index (χ0v) is 13.3. The molecule has 3 rings (SSSR count). The van der Waals surface area contributed by atoms with Crippen LogP contribution in [0.5, 0.6) is 11.5 Å². The predicted octanol–water partition coefficient (Wildman–Crippen LogP) is 0.967. The zero-order chi connectivity index (χ0) is 17.5. The number of nitrogens with one attached hydrogen (secondary N) is 2. The molecule has 2 aromatic rings. The molecule has 2 N–H and O–H groups in total. The van der Waals surface area contributed by atoms with Crippen molar-refractivity contribution in [2.45, 2.75) is 13.0 Å². The van der Waals surface area contributed by atoms with Gasteiger partial charge < -0.3 is 14.8 Å². The molecule has 0 unspecified atom stereocenters. The van der Waals surface area contributed by atoms with E-state index in [4.69, 9.17) is 9.47 Å². The predicted molar refractivity (Wildman–Crippen MR) is 89.0 cm³/mol. The Kier molecular flexibility index (Phi) is 5.20. The first kappa shape index (κ1) is 16.4. The Bertz CT molecular complexity index is 792. The molecule has 1 aromatic carbocycles. The first-order valence-corrected chi connectivity index (χ1v) is 7.58. The van der Waals surface area contributed by atoms with Crippen molar-refractivity contribution in [2.75, 3.05) is 6.79 Å². The number of aromatic nitrogens is 1. The quantitative estimate of drug-likeness (QED) is 0.463. The van der Waals surface area contributed by atoms with Crippen LogP contribution >= 0.6 is 0 Å². The normalized spacial score (nSPS) is 12.2. The molecular weight excluding hydrogens is 324 g/mol. The summed E-state index contributed by atoms with van der Waals surface area (Å²) in [6.07, 6.45) is 4.46. The fourth-order valence-electron chi connectivity index (χ4n) is 2.12. The second-order valence-corrected chi connectivity index (χ2v) is 5.22. The van der Waals surface area contributed by atoms with Crippen LogP contribution in [0.1, 0.15) is 17.5 Å². The number of hydrogen-bond donors (Lipinski definition) is 2. The molecule has 1 aromatic heterocycles. The fraction of sp³-hybridized carbons (Fsp3) is 0.176. The number of hydrogen-bond acceptors (Lipinski definition) is 6. The van der Waals surface area contributed by atoms with Crippen molar-refractivity contribution in [3.63, 3.8) is 0 Å². The van der Waals surface area contributed by atoms with Gasteiger partial charge in [-0.15, -0.1) is 0 Å². The van der Waals surface area contributed by atoms with E-state index in [-0.39, 0.29) is 19.1 Å². The summed E-state index contributed by atoms with van der Waals surface area (Å²) >= 11 is 0. The van der Waals surface area contributed by atoms with Crippen molar-refractivity contribution < 1.29 is 19.1 Å². The van der Waals surface area contributed by atoms with Gasteiger partial charge in [0.1, 0.15) is 6.42 Å². The highest BCUT2D eigenvalue weighted by Crippen LogP contribution is 2.31. The average Bonchev–Trinajstić information content (AvgIpc) is 3.08. The Balaban J connectivity index is 1.42. The minimum atomic E-state index is -0.499. The summed E-state index contributed by atoms with van der Waals surface area (Å²) in [5, 5.41) is 6.47. The van der Waals surface area contributed by atoms with Crippen LogP contribution in [-0.4, -0.2) is 29.8 Å². The number of ether oxygens (including phenoxy) is 2. The molecule has 0 aliphatic carbocycles.